The lowest BCUT2D eigenvalue weighted by Crippen LogP contribution is -2.43. The molecule has 2 amide bonds. The summed E-state index contributed by atoms with van der Waals surface area (Å²) in [6, 6.07) is 6.36. The third kappa shape index (κ3) is 2.65. The van der Waals surface area contributed by atoms with E-state index in [1.54, 1.807) is 0 Å². The molecule has 0 aromatic heterocycles. The summed E-state index contributed by atoms with van der Waals surface area (Å²) in [5.74, 6) is -1.96. The normalized spacial score (nSPS) is 18.7. The molecule has 1 aromatic rings. The smallest absolute Gasteiger partial charge is 0.326 e. The monoisotopic (exact) mass is 261 g/mol. The van der Waals surface area contributed by atoms with E-state index in [9.17, 15) is 14.4 Å². The second-order valence-corrected chi connectivity index (χ2v) is 4.65. The minimum Gasteiger partial charge on any atom is -0.480 e. The fourth-order valence-corrected chi connectivity index (χ4v) is 2.29. The predicted molar refractivity (Wildman–Crippen MR) is 67.4 cm³/mol. The maximum atomic E-state index is 12.1. The van der Waals surface area contributed by atoms with E-state index in [1.807, 2.05) is 31.2 Å². The lowest BCUT2D eigenvalue weighted by Gasteiger charge is -2.20. The molecule has 100 valence electrons. The van der Waals surface area contributed by atoms with Crippen molar-refractivity contribution in [2.24, 2.45) is 0 Å². The van der Waals surface area contributed by atoms with Gasteiger partial charge in [-0.3, -0.25) is 14.5 Å². The van der Waals surface area contributed by atoms with Gasteiger partial charge in [-0.25, -0.2) is 4.79 Å². The fraction of sp³-hybridized carbons (Fsp3) is 0.357. The molecular weight excluding hydrogens is 246 g/mol. The van der Waals surface area contributed by atoms with Crippen molar-refractivity contribution in [1.82, 2.24) is 4.90 Å². The molecule has 5 heteroatoms. The number of aryl methyl sites for hydroxylation is 1. The zero-order valence-electron chi connectivity index (χ0n) is 10.6. The van der Waals surface area contributed by atoms with Gasteiger partial charge in [0.15, 0.2) is 0 Å². The first-order valence-corrected chi connectivity index (χ1v) is 6.13. The van der Waals surface area contributed by atoms with Gasteiger partial charge >= 0.3 is 5.97 Å². The first kappa shape index (κ1) is 13.3. The molecule has 0 radical (unpaired) electrons. The van der Waals surface area contributed by atoms with Gasteiger partial charge in [0.1, 0.15) is 6.04 Å². The number of carbonyl (C=O) groups is 3. The Kier molecular flexibility index (Phi) is 3.64. The molecule has 1 N–H and O–H groups in total. The zero-order chi connectivity index (χ0) is 14.0. The number of nitrogens with zero attached hydrogens (tertiary/aromatic N) is 1. The Labute approximate surface area is 110 Å². The molecule has 1 aliphatic rings. The highest BCUT2D eigenvalue weighted by atomic mass is 16.4. The number of carboxylic acids is 1. The first-order valence-electron chi connectivity index (χ1n) is 6.13. The van der Waals surface area contributed by atoms with Gasteiger partial charge in [-0.15, -0.1) is 0 Å². The molecule has 1 unspecified atom stereocenters. The Bertz CT molecular complexity index is 538. The Morgan fingerprint density at radius 3 is 2.68 bits per heavy atom. The Hall–Kier alpha value is -2.17. The number of carbonyl (C=O) groups excluding carboxylic acids is 2. The highest BCUT2D eigenvalue weighted by molar-refractivity contribution is 6.02. The Morgan fingerprint density at radius 2 is 2.05 bits per heavy atom. The third-order valence-corrected chi connectivity index (χ3v) is 3.37. The second-order valence-electron chi connectivity index (χ2n) is 4.65. The number of hydrogen-bond donors (Lipinski definition) is 1. The van der Waals surface area contributed by atoms with E-state index in [1.165, 1.54) is 0 Å². The summed E-state index contributed by atoms with van der Waals surface area (Å²) in [6.07, 6.45) is 0.381. The average Bonchev–Trinajstić information content (AvgIpc) is 2.74. The van der Waals surface area contributed by atoms with Gasteiger partial charge < -0.3 is 5.11 Å². The molecule has 5 nitrogen and oxygen atoms in total. The summed E-state index contributed by atoms with van der Waals surface area (Å²) >= 11 is 0. The van der Waals surface area contributed by atoms with Crippen molar-refractivity contribution in [2.45, 2.75) is 32.2 Å². The fourth-order valence-electron chi connectivity index (χ4n) is 2.29. The quantitative estimate of drug-likeness (QED) is 0.885. The maximum Gasteiger partial charge on any atom is 0.326 e. The van der Waals surface area contributed by atoms with Crippen LogP contribution >= 0.6 is 0 Å². The van der Waals surface area contributed by atoms with Gasteiger partial charge in [-0.1, -0.05) is 24.3 Å². The van der Waals surface area contributed by atoms with Gasteiger partial charge in [0.2, 0.25) is 11.8 Å². The van der Waals surface area contributed by atoms with Gasteiger partial charge in [0, 0.05) is 6.42 Å². The molecule has 1 heterocycles. The second kappa shape index (κ2) is 5.22. The standard InChI is InChI=1S/C14H15NO4/c1-9-4-2-3-5-10(9)8-13(17)15-11(14(18)19)6-7-12(15)16/h2-5,11H,6-8H2,1H3,(H,18,19). The van der Waals surface area contributed by atoms with Crippen LogP contribution in [0.5, 0.6) is 0 Å². The summed E-state index contributed by atoms with van der Waals surface area (Å²) in [7, 11) is 0. The first-order chi connectivity index (χ1) is 9.00. The van der Waals surface area contributed by atoms with E-state index in [-0.39, 0.29) is 19.3 Å². The van der Waals surface area contributed by atoms with Crippen molar-refractivity contribution in [1.29, 1.82) is 0 Å². The number of benzene rings is 1. The number of likely N-dealkylation sites (tertiary alicyclic amines) is 1. The molecular formula is C14H15NO4. The van der Waals surface area contributed by atoms with Crippen molar-refractivity contribution in [3.05, 3.63) is 35.4 Å². The van der Waals surface area contributed by atoms with Crippen LogP contribution < -0.4 is 0 Å². The summed E-state index contributed by atoms with van der Waals surface area (Å²) in [5, 5.41) is 9.02. The largest absolute Gasteiger partial charge is 0.480 e. The summed E-state index contributed by atoms with van der Waals surface area (Å²) in [6.45, 7) is 1.88. The van der Waals surface area contributed by atoms with Crippen molar-refractivity contribution in [2.75, 3.05) is 0 Å². The molecule has 2 rings (SSSR count). The topological polar surface area (TPSA) is 74.7 Å². The van der Waals surface area contributed by atoms with Crippen molar-refractivity contribution < 1.29 is 19.5 Å². The molecule has 0 bridgehead atoms. The van der Waals surface area contributed by atoms with E-state index in [0.717, 1.165) is 16.0 Å². The van der Waals surface area contributed by atoms with Crippen LogP contribution in [0.3, 0.4) is 0 Å². The number of aliphatic carboxylic acids is 1. The van der Waals surface area contributed by atoms with Crippen LogP contribution in [0, 0.1) is 6.92 Å². The van der Waals surface area contributed by atoms with E-state index >= 15 is 0 Å². The highest BCUT2D eigenvalue weighted by Crippen LogP contribution is 2.21. The van der Waals surface area contributed by atoms with Gasteiger partial charge in [0.05, 0.1) is 6.42 Å². The average molecular weight is 261 g/mol. The SMILES string of the molecule is Cc1ccccc1CC(=O)N1C(=O)CCC1C(=O)O. The number of hydrogen-bond acceptors (Lipinski definition) is 3. The lowest BCUT2D eigenvalue weighted by molar-refractivity contribution is -0.153. The summed E-state index contributed by atoms with van der Waals surface area (Å²) in [5.41, 5.74) is 1.77. The van der Waals surface area contributed by atoms with Crippen molar-refractivity contribution in [3.63, 3.8) is 0 Å². The van der Waals surface area contributed by atoms with Gasteiger partial charge in [-0.2, -0.15) is 0 Å². The lowest BCUT2D eigenvalue weighted by atomic mass is 10.1. The molecule has 1 aliphatic heterocycles. The molecule has 19 heavy (non-hydrogen) atoms. The Morgan fingerprint density at radius 1 is 1.37 bits per heavy atom. The molecule has 1 aromatic carbocycles. The highest BCUT2D eigenvalue weighted by Gasteiger charge is 2.39. The predicted octanol–water partition coefficient (Wildman–Crippen LogP) is 1.14. The minimum absolute atomic E-state index is 0.0577. The molecule has 0 spiro atoms. The van der Waals surface area contributed by atoms with Crippen molar-refractivity contribution in [3.8, 4) is 0 Å². The van der Waals surface area contributed by atoms with Crippen LogP contribution in [0.4, 0.5) is 0 Å². The zero-order valence-corrected chi connectivity index (χ0v) is 10.6. The molecule has 1 atom stereocenters. The van der Waals surface area contributed by atoms with Gasteiger partial charge in [0.25, 0.3) is 0 Å². The molecule has 0 saturated carbocycles. The molecule has 1 saturated heterocycles. The van der Waals surface area contributed by atoms with E-state index in [4.69, 9.17) is 5.11 Å². The van der Waals surface area contributed by atoms with Crippen molar-refractivity contribution >= 4 is 17.8 Å². The van der Waals surface area contributed by atoms with E-state index in [0.29, 0.717) is 0 Å². The van der Waals surface area contributed by atoms with Gasteiger partial charge in [-0.05, 0) is 24.5 Å². The third-order valence-electron chi connectivity index (χ3n) is 3.37. The maximum absolute atomic E-state index is 12.1. The number of imide groups is 1. The van der Waals surface area contributed by atoms with Crippen LogP contribution in [-0.4, -0.2) is 33.8 Å². The minimum atomic E-state index is -1.12. The van der Waals surface area contributed by atoms with E-state index in [2.05, 4.69) is 0 Å². The molecule has 0 aliphatic carbocycles. The van der Waals surface area contributed by atoms with Crippen LogP contribution in [0.2, 0.25) is 0 Å². The summed E-state index contributed by atoms with van der Waals surface area (Å²) in [4.78, 5) is 35.7. The number of amides is 2. The Balaban J connectivity index is 2.17. The van der Waals surface area contributed by atoms with Crippen LogP contribution in [0.15, 0.2) is 24.3 Å². The van der Waals surface area contributed by atoms with Crippen LogP contribution in [-0.2, 0) is 20.8 Å². The number of rotatable bonds is 3. The van der Waals surface area contributed by atoms with Crippen LogP contribution in [0.25, 0.3) is 0 Å². The van der Waals surface area contributed by atoms with E-state index < -0.39 is 23.8 Å². The molecule has 1 fully saturated rings. The van der Waals surface area contributed by atoms with Crippen LogP contribution in [0.1, 0.15) is 24.0 Å². The number of carboxylic acid groups (broad SMARTS) is 1. The summed E-state index contributed by atoms with van der Waals surface area (Å²) < 4.78 is 0.